The van der Waals surface area contributed by atoms with E-state index in [-0.39, 0.29) is 11.9 Å². The van der Waals surface area contributed by atoms with Gasteiger partial charge in [0, 0.05) is 71.2 Å². The molecule has 0 unspecified atom stereocenters. The second kappa shape index (κ2) is 7.89. The molecule has 3 aliphatic rings. The first-order chi connectivity index (χ1) is 13.0. The summed E-state index contributed by atoms with van der Waals surface area (Å²) in [5.74, 6) is 1.65. The summed E-state index contributed by atoms with van der Waals surface area (Å²) < 4.78 is 1.77. The minimum absolute atomic E-state index is 0.0247. The molecular weight excluding hydrogens is 340 g/mol. The van der Waals surface area contributed by atoms with E-state index in [1.807, 2.05) is 24.2 Å². The number of nitrogens with zero attached hydrogens (tertiary/aromatic N) is 6. The Morgan fingerprint density at radius 2 is 1.78 bits per heavy atom. The maximum Gasteiger partial charge on any atom is 0.245 e. The summed E-state index contributed by atoms with van der Waals surface area (Å²) in [6.07, 6.45) is 5.13. The van der Waals surface area contributed by atoms with Gasteiger partial charge in [-0.2, -0.15) is 5.10 Å². The Kier molecular flexibility index (Phi) is 5.53. The van der Waals surface area contributed by atoms with E-state index in [2.05, 4.69) is 33.8 Å². The average Bonchev–Trinajstić information content (AvgIpc) is 3.09. The molecule has 7 nitrogen and oxygen atoms in total. The van der Waals surface area contributed by atoms with Gasteiger partial charge >= 0.3 is 0 Å². The molecule has 3 saturated heterocycles. The zero-order chi connectivity index (χ0) is 19.0. The molecule has 0 N–H and O–H groups in total. The van der Waals surface area contributed by atoms with E-state index in [1.165, 1.54) is 32.6 Å². The van der Waals surface area contributed by atoms with Gasteiger partial charge in [-0.3, -0.25) is 24.2 Å². The van der Waals surface area contributed by atoms with Crippen LogP contribution in [-0.2, 0) is 11.8 Å². The summed E-state index contributed by atoms with van der Waals surface area (Å²) in [7, 11) is 4.12. The highest BCUT2D eigenvalue weighted by Crippen LogP contribution is 2.29. The van der Waals surface area contributed by atoms with E-state index in [0.29, 0.717) is 12.0 Å². The Morgan fingerprint density at radius 1 is 1.00 bits per heavy atom. The van der Waals surface area contributed by atoms with Crippen molar-refractivity contribution in [3.63, 3.8) is 0 Å². The van der Waals surface area contributed by atoms with Crippen LogP contribution in [0.15, 0.2) is 12.3 Å². The van der Waals surface area contributed by atoms with Gasteiger partial charge in [0.15, 0.2) is 5.82 Å². The van der Waals surface area contributed by atoms with Crippen molar-refractivity contribution in [1.82, 2.24) is 24.5 Å². The van der Waals surface area contributed by atoms with Gasteiger partial charge in [0.1, 0.15) is 0 Å². The Balaban J connectivity index is 1.38. The number of carbonyl (C=O) groups excluding carboxylic acids is 1. The SMILES string of the molecule is C[C@@H]1CN([C@@H]2CCCN(c3ccn(C)n3)C2=O)CC[C@@H]1N1CCN(C)CC1. The monoisotopic (exact) mass is 374 g/mol. The maximum atomic E-state index is 13.2. The fourth-order valence-corrected chi connectivity index (χ4v) is 5.11. The number of likely N-dealkylation sites (N-methyl/N-ethyl adjacent to an activating group) is 1. The number of anilines is 1. The number of hydrogen-bond acceptors (Lipinski definition) is 5. The van der Waals surface area contributed by atoms with E-state index in [1.54, 1.807) is 4.68 Å². The number of piperazine rings is 1. The molecule has 1 amide bonds. The summed E-state index contributed by atoms with van der Waals surface area (Å²) in [6.45, 7) is 9.94. The largest absolute Gasteiger partial charge is 0.304 e. The average molecular weight is 375 g/mol. The van der Waals surface area contributed by atoms with Crippen molar-refractivity contribution in [1.29, 1.82) is 0 Å². The van der Waals surface area contributed by atoms with Crippen LogP contribution in [0.4, 0.5) is 5.82 Å². The second-order valence-corrected chi connectivity index (χ2v) is 8.66. The van der Waals surface area contributed by atoms with Crippen LogP contribution in [0.2, 0.25) is 0 Å². The minimum atomic E-state index is 0.0247. The lowest BCUT2D eigenvalue weighted by molar-refractivity contribution is -0.126. The first-order valence-electron chi connectivity index (χ1n) is 10.5. The van der Waals surface area contributed by atoms with Gasteiger partial charge in [0.05, 0.1) is 6.04 Å². The Morgan fingerprint density at radius 3 is 2.44 bits per heavy atom. The number of aryl methyl sites for hydroxylation is 1. The summed E-state index contributed by atoms with van der Waals surface area (Å²) in [4.78, 5) is 22.6. The first-order valence-corrected chi connectivity index (χ1v) is 10.5. The molecule has 3 atom stereocenters. The van der Waals surface area contributed by atoms with Crippen molar-refractivity contribution in [3.05, 3.63) is 12.3 Å². The Labute approximate surface area is 162 Å². The third-order valence-electron chi connectivity index (χ3n) is 6.73. The van der Waals surface area contributed by atoms with Crippen LogP contribution in [0.3, 0.4) is 0 Å². The third-order valence-corrected chi connectivity index (χ3v) is 6.73. The predicted molar refractivity (Wildman–Crippen MR) is 107 cm³/mol. The highest BCUT2D eigenvalue weighted by Gasteiger charge is 2.39. The second-order valence-electron chi connectivity index (χ2n) is 8.66. The van der Waals surface area contributed by atoms with Gasteiger partial charge in [-0.05, 0) is 32.2 Å². The standard InChI is InChI=1S/C20H34N6O/c1-16-15-25(10-6-17(16)24-13-11-22(2)12-14-24)18-5-4-8-26(20(18)27)19-7-9-23(3)21-19/h7,9,16-18H,4-6,8,10-15H2,1-3H3/t16-,17+,18-/m1/s1. The Bertz CT molecular complexity index is 653. The van der Waals surface area contributed by atoms with Crippen molar-refractivity contribution < 1.29 is 4.79 Å². The Hall–Kier alpha value is -1.44. The highest BCUT2D eigenvalue weighted by molar-refractivity contribution is 5.97. The van der Waals surface area contributed by atoms with E-state index < -0.39 is 0 Å². The summed E-state index contributed by atoms with van der Waals surface area (Å²) >= 11 is 0. The molecule has 4 heterocycles. The van der Waals surface area contributed by atoms with Crippen LogP contribution in [-0.4, -0.2) is 95.3 Å². The normalized spacial score (nSPS) is 32.2. The van der Waals surface area contributed by atoms with Crippen LogP contribution >= 0.6 is 0 Å². The maximum absolute atomic E-state index is 13.2. The predicted octanol–water partition coefficient (Wildman–Crippen LogP) is 0.873. The van der Waals surface area contributed by atoms with E-state index >= 15 is 0 Å². The van der Waals surface area contributed by atoms with E-state index in [9.17, 15) is 4.79 Å². The smallest absolute Gasteiger partial charge is 0.245 e. The fourth-order valence-electron chi connectivity index (χ4n) is 5.11. The van der Waals surface area contributed by atoms with Crippen LogP contribution in [0, 0.1) is 5.92 Å². The quantitative estimate of drug-likeness (QED) is 0.786. The van der Waals surface area contributed by atoms with Crippen molar-refractivity contribution in [2.75, 3.05) is 57.8 Å². The van der Waals surface area contributed by atoms with Gasteiger partial charge in [-0.1, -0.05) is 6.92 Å². The number of carbonyl (C=O) groups is 1. The van der Waals surface area contributed by atoms with Gasteiger partial charge in [0.2, 0.25) is 5.91 Å². The number of piperidine rings is 2. The van der Waals surface area contributed by atoms with Crippen LogP contribution in [0.1, 0.15) is 26.2 Å². The molecule has 0 aromatic carbocycles. The molecule has 150 valence electrons. The van der Waals surface area contributed by atoms with Gasteiger partial charge in [0.25, 0.3) is 0 Å². The van der Waals surface area contributed by atoms with Crippen molar-refractivity contribution in [2.24, 2.45) is 13.0 Å². The molecular formula is C20H34N6O. The molecule has 0 spiro atoms. The van der Waals surface area contributed by atoms with Crippen LogP contribution in [0.25, 0.3) is 0 Å². The first kappa shape index (κ1) is 18.9. The molecule has 27 heavy (non-hydrogen) atoms. The van der Waals surface area contributed by atoms with Gasteiger partial charge in [-0.25, -0.2) is 0 Å². The zero-order valence-corrected chi connectivity index (χ0v) is 17.0. The number of likely N-dealkylation sites (tertiary alicyclic amines) is 1. The van der Waals surface area contributed by atoms with Crippen LogP contribution in [0.5, 0.6) is 0 Å². The molecule has 3 aliphatic heterocycles. The number of hydrogen-bond donors (Lipinski definition) is 0. The molecule has 3 fully saturated rings. The van der Waals surface area contributed by atoms with Crippen LogP contribution < -0.4 is 4.90 Å². The van der Waals surface area contributed by atoms with Crippen molar-refractivity contribution in [2.45, 2.75) is 38.3 Å². The lowest BCUT2D eigenvalue weighted by Crippen LogP contribution is -2.60. The van der Waals surface area contributed by atoms with Crippen molar-refractivity contribution >= 4 is 11.7 Å². The molecule has 4 rings (SSSR count). The van der Waals surface area contributed by atoms with E-state index in [0.717, 1.165) is 38.3 Å². The molecule has 0 aliphatic carbocycles. The molecule has 1 aromatic rings. The lowest BCUT2D eigenvalue weighted by atomic mass is 9.89. The van der Waals surface area contributed by atoms with E-state index in [4.69, 9.17) is 0 Å². The molecule has 0 bridgehead atoms. The summed E-state index contributed by atoms with van der Waals surface area (Å²) in [5.41, 5.74) is 0. The number of amides is 1. The molecule has 7 heteroatoms. The third kappa shape index (κ3) is 3.91. The fraction of sp³-hybridized carbons (Fsp3) is 0.800. The van der Waals surface area contributed by atoms with Gasteiger partial charge in [-0.15, -0.1) is 0 Å². The molecule has 0 radical (unpaired) electrons. The minimum Gasteiger partial charge on any atom is -0.304 e. The van der Waals surface area contributed by atoms with Crippen molar-refractivity contribution in [3.8, 4) is 0 Å². The lowest BCUT2D eigenvalue weighted by Gasteiger charge is -2.48. The van der Waals surface area contributed by atoms with Gasteiger partial charge < -0.3 is 4.90 Å². The summed E-state index contributed by atoms with van der Waals surface area (Å²) in [5, 5.41) is 4.45. The topological polar surface area (TPSA) is 47.9 Å². The number of rotatable bonds is 3. The highest BCUT2D eigenvalue weighted by atomic mass is 16.2. The molecule has 1 aromatic heterocycles. The number of aromatic nitrogens is 2. The zero-order valence-electron chi connectivity index (χ0n) is 17.0. The molecule has 0 saturated carbocycles. The summed E-state index contributed by atoms with van der Waals surface area (Å²) in [6, 6.07) is 2.64.